The normalized spacial score (nSPS) is 17.4. The Kier molecular flexibility index (Phi) is 4.83. The highest BCUT2D eigenvalue weighted by atomic mass is 19.1. The van der Waals surface area contributed by atoms with Crippen molar-refractivity contribution < 1.29 is 18.7 Å². The molecule has 1 unspecified atom stereocenters. The van der Waals surface area contributed by atoms with E-state index in [2.05, 4.69) is 5.32 Å². The summed E-state index contributed by atoms with van der Waals surface area (Å²) < 4.78 is 24.2. The maximum absolute atomic E-state index is 13.7. The largest absolute Gasteiger partial charge is 0.488 e. The van der Waals surface area contributed by atoms with E-state index in [1.54, 1.807) is 18.2 Å². The number of rotatable bonds is 7. The van der Waals surface area contributed by atoms with E-state index in [-0.39, 0.29) is 30.3 Å². The molecule has 0 radical (unpaired) electrons. The first-order valence-electron chi connectivity index (χ1n) is 7.23. The maximum atomic E-state index is 13.7. The number of hydrogen-bond donors (Lipinski definition) is 1. The van der Waals surface area contributed by atoms with Crippen LogP contribution in [0.5, 0.6) is 5.75 Å². The molecule has 1 aromatic rings. The van der Waals surface area contributed by atoms with Crippen LogP contribution in [0, 0.1) is 11.7 Å². The summed E-state index contributed by atoms with van der Waals surface area (Å²) in [5, 5.41) is 3.27. The van der Waals surface area contributed by atoms with Crippen LogP contribution in [0.2, 0.25) is 0 Å². The van der Waals surface area contributed by atoms with Crippen molar-refractivity contribution in [2.45, 2.75) is 38.3 Å². The minimum Gasteiger partial charge on any atom is -0.488 e. The summed E-state index contributed by atoms with van der Waals surface area (Å²) in [4.78, 5) is 12.3. The van der Waals surface area contributed by atoms with Crippen LogP contribution in [0.25, 0.3) is 0 Å². The zero-order valence-electron chi connectivity index (χ0n) is 12.7. The standard InChI is InChI=1S/C16H22FNO3/c1-11(2)18-16(12-8-9-12,15(19)20-3)10-21-14-7-5-4-6-13(14)17/h4-7,11-12,18H,8-10H2,1-3H3. The summed E-state index contributed by atoms with van der Waals surface area (Å²) >= 11 is 0. The second kappa shape index (κ2) is 6.43. The molecule has 0 amide bonds. The minimum atomic E-state index is -0.912. The fraction of sp³-hybridized carbons (Fsp3) is 0.562. The average molecular weight is 295 g/mol. The molecule has 116 valence electrons. The highest BCUT2D eigenvalue weighted by molar-refractivity contribution is 5.82. The number of nitrogens with one attached hydrogen (secondary N) is 1. The Balaban J connectivity index is 2.19. The van der Waals surface area contributed by atoms with Crippen molar-refractivity contribution in [3.63, 3.8) is 0 Å². The molecular weight excluding hydrogens is 273 g/mol. The van der Waals surface area contributed by atoms with Crippen molar-refractivity contribution in [2.24, 2.45) is 5.92 Å². The first kappa shape index (κ1) is 15.8. The zero-order valence-corrected chi connectivity index (χ0v) is 12.7. The molecule has 4 nitrogen and oxygen atoms in total. The molecule has 0 heterocycles. The van der Waals surface area contributed by atoms with Gasteiger partial charge in [-0.25, -0.2) is 9.18 Å². The molecule has 0 spiro atoms. The number of carbonyl (C=O) groups excluding carboxylic acids is 1. The Morgan fingerprint density at radius 3 is 2.62 bits per heavy atom. The van der Waals surface area contributed by atoms with Gasteiger partial charge in [0.2, 0.25) is 0 Å². The van der Waals surface area contributed by atoms with E-state index in [4.69, 9.17) is 9.47 Å². The van der Waals surface area contributed by atoms with Crippen molar-refractivity contribution in [3.8, 4) is 5.75 Å². The first-order chi connectivity index (χ1) is 9.99. The number of benzene rings is 1. The SMILES string of the molecule is COC(=O)C(COc1ccccc1F)(NC(C)C)C1CC1. The van der Waals surface area contributed by atoms with Crippen LogP contribution < -0.4 is 10.1 Å². The highest BCUT2D eigenvalue weighted by Crippen LogP contribution is 2.41. The summed E-state index contributed by atoms with van der Waals surface area (Å²) in [6, 6.07) is 6.28. The third kappa shape index (κ3) is 3.53. The lowest BCUT2D eigenvalue weighted by Crippen LogP contribution is -2.60. The molecule has 5 heteroatoms. The summed E-state index contributed by atoms with van der Waals surface area (Å²) in [5.74, 6) is -0.470. The van der Waals surface area contributed by atoms with Gasteiger partial charge in [0.1, 0.15) is 6.61 Å². The molecule has 2 rings (SSSR count). The van der Waals surface area contributed by atoms with E-state index < -0.39 is 11.4 Å². The Labute approximate surface area is 124 Å². The summed E-state index contributed by atoms with van der Waals surface area (Å²) in [7, 11) is 1.37. The van der Waals surface area contributed by atoms with Crippen molar-refractivity contribution in [2.75, 3.05) is 13.7 Å². The molecule has 1 atom stereocenters. The fourth-order valence-corrected chi connectivity index (χ4v) is 2.59. The van der Waals surface area contributed by atoms with Gasteiger partial charge in [-0.3, -0.25) is 5.32 Å². The van der Waals surface area contributed by atoms with Gasteiger partial charge in [0.25, 0.3) is 0 Å². The molecule has 1 N–H and O–H groups in total. The lowest BCUT2D eigenvalue weighted by molar-refractivity contribution is -0.151. The van der Waals surface area contributed by atoms with Crippen LogP contribution in [0.4, 0.5) is 4.39 Å². The van der Waals surface area contributed by atoms with Crippen LogP contribution in [-0.2, 0) is 9.53 Å². The Morgan fingerprint density at radius 1 is 1.43 bits per heavy atom. The van der Waals surface area contributed by atoms with Crippen molar-refractivity contribution in [3.05, 3.63) is 30.1 Å². The Morgan fingerprint density at radius 2 is 2.10 bits per heavy atom. The molecule has 1 saturated carbocycles. The second-order valence-electron chi connectivity index (χ2n) is 5.76. The maximum Gasteiger partial charge on any atom is 0.329 e. The number of esters is 1. The summed E-state index contributed by atoms with van der Waals surface area (Å²) in [6.07, 6.45) is 1.88. The van der Waals surface area contributed by atoms with Gasteiger partial charge < -0.3 is 9.47 Å². The molecule has 1 fully saturated rings. The van der Waals surface area contributed by atoms with Gasteiger partial charge in [-0.1, -0.05) is 12.1 Å². The molecule has 0 aliphatic heterocycles. The van der Waals surface area contributed by atoms with Gasteiger partial charge in [-0.15, -0.1) is 0 Å². The number of ether oxygens (including phenoxy) is 2. The van der Waals surface area contributed by atoms with Crippen LogP contribution in [0.1, 0.15) is 26.7 Å². The second-order valence-corrected chi connectivity index (χ2v) is 5.76. The predicted octanol–water partition coefficient (Wildman–Crippen LogP) is 2.52. The Bertz CT molecular complexity index is 502. The molecule has 0 saturated heterocycles. The Hall–Kier alpha value is -1.62. The summed E-state index contributed by atoms with van der Waals surface area (Å²) in [6.45, 7) is 3.98. The molecule has 0 aromatic heterocycles. The number of halogens is 1. The number of hydrogen-bond acceptors (Lipinski definition) is 4. The molecule has 0 bridgehead atoms. The topological polar surface area (TPSA) is 47.6 Å². The van der Waals surface area contributed by atoms with Gasteiger partial charge in [-0.2, -0.15) is 0 Å². The van der Waals surface area contributed by atoms with E-state index >= 15 is 0 Å². The van der Waals surface area contributed by atoms with E-state index in [0.29, 0.717) is 0 Å². The van der Waals surface area contributed by atoms with Crippen molar-refractivity contribution in [1.29, 1.82) is 0 Å². The van der Waals surface area contributed by atoms with E-state index in [9.17, 15) is 9.18 Å². The number of para-hydroxylation sites is 1. The average Bonchev–Trinajstić information content (AvgIpc) is 3.28. The lowest BCUT2D eigenvalue weighted by Gasteiger charge is -2.34. The van der Waals surface area contributed by atoms with Gasteiger partial charge in [0.05, 0.1) is 7.11 Å². The zero-order chi connectivity index (χ0) is 15.5. The van der Waals surface area contributed by atoms with E-state index in [1.165, 1.54) is 13.2 Å². The van der Waals surface area contributed by atoms with Crippen LogP contribution >= 0.6 is 0 Å². The van der Waals surface area contributed by atoms with Gasteiger partial charge in [0, 0.05) is 6.04 Å². The van der Waals surface area contributed by atoms with E-state index in [0.717, 1.165) is 12.8 Å². The van der Waals surface area contributed by atoms with E-state index in [1.807, 2.05) is 13.8 Å². The minimum absolute atomic E-state index is 0.0590. The third-order valence-corrected chi connectivity index (χ3v) is 3.66. The summed E-state index contributed by atoms with van der Waals surface area (Å²) in [5.41, 5.74) is -0.912. The van der Waals surface area contributed by atoms with Crippen LogP contribution in [0.3, 0.4) is 0 Å². The van der Waals surface area contributed by atoms with Crippen LogP contribution in [0.15, 0.2) is 24.3 Å². The van der Waals surface area contributed by atoms with Gasteiger partial charge >= 0.3 is 5.97 Å². The molecular formula is C16H22FNO3. The van der Waals surface area contributed by atoms with Gasteiger partial charge in [-0.05, 0) is 44.7 Å². The van der Waals surface area contributed by atoms with Gasteiger partial charge in [0.15, 0.2) is 17.1 Å². The molecule has 1 aromatic carbocycles. The number of carbonyl (C=O) groups is 1. The third-order valence-electron chi connectivity index (χ3n) is 3.66. The molecule has 1 aliphatic carbocycles. The first-order valence-corrected chi connectivity index (χ1v) is 7.23. The predicted molar refractivity (Wildman–Crippen MR) is 77.6 cm³/mol. The monoisotopic (exact) mass is 295 g/mol. The smallest absolute Gasteiger partial charge is 0.329 e. The lowest BCUT2D eigenvalue weighted by atomic mass is 9.93. The highest BCUT2D eigenvalue weighted by Gasteiger charge is 2.53. The number of methoxy groups -OCH3 is 1. The van der Waals surface area contributed by atoms with Crippen molar-refractivity contribution in [1.82, 2.24) is 5.32 Å². The van der Waals surface area contributed by atoms with Crippen LogP contribution in [-0.4, -0.2) is 31.3 Å². The fourth-order valence-electron chi connectivity index (χ4n) is 2.59. The molecule has 1 aliphatic rings. The molecule has 21 heavy (non-hydrogen) atoms. The quantitative estimate of drug-likeness (QED) is 0.785. The van der Waals surface area contributed by atoms with Crippen molar-refractivity contribution >= 4 is 5.97 Å².